The quantitative estimate of drug-likeness (QED) is 0.380. The van der Waals surface area contributed by atoms with Gasteiger partial charge in [-0.3, -0.25) is 4.98 Å². The van der Waals surface area contributed by atoms with E-state index in [1.165, 1.54) is 6.20 Å². The van der Waals surface area contributed by atoms with Crippen LogP contribution < -0.4 is 24.5 Å². The maximum absolute atomic E-state index is 8.52. The van der Waals surface area contributed by atoms with Gasteiger partial charge in [0, 0.05) is 6.20 Å². The smallest absolute Gasteiger partial charge is 1.00 e. The Labute approximate surface area is 72.9 Å². The molecule has 1 heterocycles. The van der Waals surface area contributed by atoms with Crippen molar-refractivity contribution in [2.75, 3.05) is 0 Å². The molecule has 10 heavy (non-hydrogen) atoms. The SMILES string of the molecule is OB(O)c1ccccn1.[H-].[Li+]. The first-order valence-electron chi connectivity index (χ1n) is 2.58. The van der Waals surface area contributed by atoms with Gasteiger partial charge in [0.25, 0.3) is 0 Å². The zero-order valence-electron chi connectivity index (χ0n) is 6.73. The van der Waals surface area contributed by atoms with Crippen LogP contribution in [0.4, 0.5) is 0 Å². The van der Waals surface area contributed by atoms with Gasteiger partial charge in [0.05, 0.1) is 5.59 Å². The van der Waals surface area contributed by atoms with Gasteiger partial charge in [0.2, 0.25) is 0 Å². The second-order valence-electron chi connectivity index (χ2n) is 1.63. The van der Waals surface area contributed by atoms with Crippen molar-refractivity contribution in [3.63, 3.8) is 0 Å². The van der Waals surface area contributed by atoms with Crippen LogP contribution in [0.5, 0.6) is 0 Å². The summed E-state index contributed by atoms with van der Waals surface area (Å²) in [7, 11) is -1.45. The minimum absolute atomic E-state index is 0. The molecule has 0 aliphatic rings. The summed E-state index contributed by atoms with van der Waals surface area (Å²) in [6.07, 6.45) is 1.51. The number of rotatable bonds is 1. The fraction of sp³-hybridized carbons (Fsp3) is 0. The van der Waals surface area contributed by atoms with Crippen LogP contribution >= 0.6 is 0 Å². The molecule has 0 fully saturated rings. The summed E-state index contributed by atoms with van der Waals surface area (Å²) in [5, 5.41) is 17.0. The summed E-state index contributed by atoms with van der Waals surface area (Å²) in [5.41, 5.74) is 0.275. The van der Waals surface area contributed by atoms with Crippen LogP contribution in [0.1, 0.15) is 1.43 Å². The predicted octanol–water partition coefficient (Wildman–Crippen LogP) is -4.12. The molecular weight excluding hydrogens is 124 g/mol. The molecule has 48 valence electrons. The van der Waals surface area contributed by atoms with E-state index in [4.69, 9.17) is 10.0 Å². The van der Waals surface area contributed by atoms with E-state index in [0.717, 1.165) is 0 Å². The zero-order chi connectivity index (χ0) is 6.69. The van der Waals surface area contributed by atoms with Crippen LogP contribution in [-0.4, -0.2) is 22.2 Å². The van der Waals surface area contributed by atoms with E-state index in [1.807, 2.05) is 0 Å². The molecule has 1 aromatic rings. The Balaban J connectivity index is 0. The van der Waals surface area contributed by atoms with E-state index in [2.05, 4.69) is 4.98 Å². The van der Waals surface area contributed by atoms with Crippen molar-refractivity contribution in [2.24, 2.45) is 0 Å². The minimum Gasteiger partial charge on any atom is -1.00 e. The third-order valence-electron chi connectivity index (χ3n) is 0.952. The molecule has 0 amide bonds. The summed E-state index contributed by atoms with van der Waals surface area (Å²) in [5.74, 6) is 0. The molecule has 0 unspecified atom stereocenters. The summed E-state index contributed by atoms with van der Waals surface area (Å²) >= 11 is 0. The first-order valence-corrected chi connectivity index (χ1v) is 2.58. The van der Waals surface area contributed by atoms with E-state index in [1.54, 1.807) is 18.2 Å². The largest absolute Gasteiger partial charge is 1.00 e. The Morgan fingerprint density at radius 3 is 2.40 bits per heavy atom. The van der Waals surface area contributed by atoms with Crippen molar-refractivity contribution in [2.45, 2.75) is 0 Å². The molecule has 5 heteroatoms. The first kappa shape index (κ1) is 9.73. The van der Waals surface area contributed by atoms with Crippen molar-refractivity contribution in [3.8, 4) is 0 Å². The van der Waals surface area contributed by atoms with E-state index < -0.39 is 7.12 Å². The van der Waals surface area contributed by atoms with E-state index in [0.29, 0.717) is 0 Å². The van der Waals surface area contributed by atoms with Gasteiger partial charge < -0.3 is 11.5 Å². The Morgan fingerprint density at radius 2 is 2.10 bits per heavy atom. The van der Waals surface area contributed by atoms with Crippen molar-refractivity contribution in [1.82, 2.24) is 4.98 Å². The average Bonchev–Trinajstić information content (AvgIpc) is 1.90. The molecule has 3 nitrogen and oxygen atoms in total. The predicted molar refractivity (Wildman–Crippen MR) is 35.2 cm³/mol. The van der Waals surface area contributed by atoms with Crippen molar-refractivity contribution < 1.29 is 30.3 Å². The molecule has 0 saturated carbocycles. The van der Waals surface area contributed by atoms with Gasteiger partial charge in [0.15, 0.2) is 0 Å². The van der Waals surface area contributed by atoms with Crippen molar-refractivity contribution in [3.05, 3.63) is 24.4 Å². The standard InChI is InChI=1S/C5H6BNO2.Li.H/c8-6(9)5-3-1-2-4-7-5;;/h1-4,8-9H;;/q;+1;-1. The van der Waals surface area contributed by atoms with Crippen LogP contribution in [0.2, 0.25) is 0 Å². The van der Waals surface area contributed by atoms with E-state index in [9.17, 15) is 0 Å². The number of aromatic nitrogens is 1. The minimum atomic E-state index is -1.45. The first-order chi connectivity index (χ1) is 4.30. The third kappa shape index (κ3) is 2.55. The summed E-state index contributed by atoms with van der Waals surface area (Å²) < 4.78 is 0. The second kappa shape index (κ2) is 4.53. The second-order valence-corrected chi connectivity index (χ2v) is 1.63. The Bertz CT molecular complexity index is 187. The Kier molecular flexibility index (Phi) is 4.41. The molecule has 1 aromatic heterocycles. The zero-order valence-corrected chi connectivity index (χ0v) is 5.73. The summed E-state index contributed by atoms with van der Waals surface area (Å²) in [6, 6.07) is 4.96. The van der Waals surface area contributed by atoms with Gasteiger partial charge in [-0.05, 0) is 12.1 Å². The number of nitrogens with zero attached hydrogens (tertiary/aromatic N) is 1. The molecule has 1 rings (SSSR count). The van der Waals surface area contributed by atoms with E-state index >= 15 is 0 Å². The van der Waals surface area contributed by atoms with Crippen LogP contribution in [0.3, 0.4) is 0 Å². The van der Waals surface area contributed by atoms with E-state index in [-0.39, 0.29) is 25.9 Å². The molecular formula is C5H7BLiNO2. The van der Waals surface area contributed by atoms with Gasteiger partial charge in [-0.15, -0.1) is 0 Å². The molecule has 0 spiro atoms. The Hall–Kier alpha value is -0.268. The van der Waals surface area contributed by atoms with Crippen LogP contribution in [0.25, 0.3) is 0 Å². The maximum Gasteiger partial charge on any atom is 1.00 e. The maximum atomic E-state index is 8.52. The topological polar surface area (TPSA) is 53.4 Å². The van der Waals surface area contributed by atoms with Gasteiger partial charge in [-0.1, -0.05) is 6.07 Å². The number of pyridine rings is 1. The fourth-order valence-electron chi connectivity index (χ4n) is 0.529. The number of hydrogen-bond acceptors (Lipinski definition) is 3. The molecule has 0 radical (unpaired) electrons. The molecule has 0 bridgehead atoms. The third-order valence-corrected chi connectivity index (χ3v) is 0.952. The van der Waals surface area contributed by atoms with Gasteiger partial charge >= 0.3 is 26.0 Å². The molecule has 0 saturated heterocycles. The molecule has 2 N–H and O–H groups in total. The molecule has 0 aliphatic carbocycles. The molecule has 0 atom stereocenters. The van der Waals surface area contributed by atoms with Crippen LogP contribution in [0.15, 0.2) is 24.4 Å². The van der Waals surface area contributed by atoms with Crippen LogP contribution in [-0.2, 0) is 0 Å². The monoisotopic (exact) mass is 131 g/mol. The van der Waals surface area contributed by atoms with Gasteiger partial charge in [-0.25, -0.2) is 0 Å². The number of hydrogen-bond donors (Lipinski definition) is 2. The fourth-order valence-corrected chi connectivity index (χ4v) is 0.529. The van der Waals surface area contributed by atoms with Crippen molar-refractivity contribution in [1.29, 1.82) is 0 Å². The van der Waals surface area contributed by atoms with Crippen molar-refractivity contribution >= 4 is 12.7 Å². The van der Waals surface area contributed by atoms with Crippen LogP contribution in [0, 0.1) is 0 Å². The Morgan fingerprint density at radius 1 is 1.40 bits per heavy atom. The summed E-state index contributed by atoms with van der Waals surface area (Å²) in [6.45, 7) is 0. The summed E-state index contributed by atoms with van der Waals surface area (Å²) in [4.78, 5) is 3.68. The van der Waals surface area contributed by atoms with Gasteiger partial charge in [0.1, 0.15) is 0 Å². The molecule has 0 aromatic carbocycles. The normalized spacial score (nSPS) is 8.20. The van der Waals surface area contributed by atoms with Gasteiger partial charge in [-0.2, -0.15) is 0 Å². The molecule has 0 aliphatic heterocycles. The average molecular weight is 131 g/mol.